The van der Waals surface area contributed by atoms with Gasteiger partial charge in [0.15, 0.2) is 0 Å². The van der Waals surface area contributed by atoms with E-state index in [1.165, 1.54) is 7.11 Å². The fraction of sp³-hybridized carbons (Fsp3) is 0.385. The van der Waals surface area contributed by atoms with Gasteiger partial charge < -0.3 is 10.1 Å². The molecule has 0 amide bonds. The maximum absolute atomic E-state index is 11.3. The summed E-state index contributed by atoms with van der Waals surface area (Å²) >= 11 is 0. The number of nitriles is 1. The van der Waals surface area contributed by atoms with Gasteiger partial charge in [-0.25, -0.2) is 0 Å². The molecule has 0 heterocycles. The Morgan fingerprint density at radius 1 is 1.47 bits per heavy atom. The quantitative estimate of drug-likeness (QED) is 0.783. The minimum Gasteiger partial charge on any atom is -0.468 e. The Hall–Kier alpha value is -1.86. The summed E-state index contributed by atoms with van der Waals surface area (Å²) in [5.74, 6) is -0.249. The lowest BCUT2D eigenvalue weighted by atomic mass is 10.1. The van der Waals surface area contributed by atoms with Crippen molar-refractivity contribution in [2.75, 3.05) is 7.11 Å². The van der Waals surface area contributed by atoms with Crippen LogP contribution in [-0.4, -0.2) is 19.1 Å². The van der Waals surface area contributed by atoms with E-state index in [4.69, 9.17) is 5.26 Å². The average Bonchev–Trinajstić information content (AvgIpc) is 2.39. The van der Waals surface area contributed by atoms with Crippen LogP contribution in [0.1, 0.15) is 24.5 Å². The van der Waals surface area contributed by atoms with Gasteiger partial charge in [-0.05, 0) is 24.1 Å². The molecular formula is C13H16N2O2. The van der Waals surface area contributed by atoms with Gasteiger partial charge in [0.2, 0.25) is 0 Å². The highest BCUT2D eigenvalue weighted by molar-refractivity contribution is 5.75. The molecule has 1 rings (SSSR count). The third kappa shape index (κ3) is 3.89. The zero-order valence-electron chi connectivity index (χ0n) is 10.1. The number of carbonyl (C=O) groups is 1. The zero-order chi connectivity index (χ0) is 12.7. The first-order valence-electron chi connectivity index (χ1n) is 5.51. The van der Waals surface area contributed by atoms with Crippen LogP contribution in [0, 0.1) is 11.3 Å². The smallest absolute Gasteiger partial charge is 0.322 e. The third-order valence-corrected chi connectivity index (χ3v) is 2.53. The van der Waals surface area contributed by atoms with Crippen molar-refractivity contribution in [1.29, 1.82) is 5.26 Å². The van der Waals surface area contributed by atoms with Crippen molar-refractivity contribution in [2.24, 2.45) is 0 Å². The predicted octanol–water partition coefficient (Wildman–Crippen LogP) is 1.60. The fourth-order valence-electron chi connectivity index (χ4n) is 1.47. The van der Waals surface area contributed by atoms with Crippen molar-refractivity contribution in [3.8, 4) is 6.07 Å². The van der Waals surface area contributed by atoms with Crippen molar-refractivity contribution >= 4 is 5.97 Å². The molecule has 17 heavy (non-hydrogen) atoms. The van der Waals surface area contributed by atoms with Gasteiger partial charge in [-0.3, -0.25) is 4.79 Å². The number of rotatable bonds is 5. The molecule has 1 aromatic carbocycles. The molecule has 1 N–H and O–H groups in total. The van der Waals surface area contributed by atoms with Crippen molar-refractivity contribution in [3.05, 3.63) is 35.4 Å². The summed E-state index contributed by atoms with van der Waals surface area (Å²) in [6.45, 7) is 2.51. The topological polar surface area (TPSA) is 62.1 Å². The van der Waals surface area contributed by atoms with Gasteiger partial charge in [0.1, 0.15) is 6.04 Å². The summed E-state index contributed by atoms with van der Waals surface area (Å²) in [6, 6.07) is 9.04. The van der Waals surface area contributed by atoms with Crippen LogP contribution in [0.25, 0.3) is 0 Å². The number of hydrogen-bond acceptors (Lipinski definition) is 4. The molecule has 0 radical (unpaired) electrons. The van der Waals surface area contributed by atoms with E-state index in [1.807, 2.05) is 19.1 Å². The van der Waals surface area contributed by atoms with E-state index in [2.05, 4.69) is 16.1 Å². The Kier molecular flexibility index (Phi) is 5.18. The number of benzene rings is 1. The first-order chi connectivity index (χ1) is 8.21. The molecule has 1 atom stereocenters. The summed E-state index contributed by atoms with van der Waals surface area (Å²) in [5, 5.41) is 11.8. The zero-order valence-corrected chi connectivity index (χ0v) is 10.1. The Labute approximate surface area is 101 Å². The highest BCUT2D eigenvalue weighted by Crippen LogP contribution is 2.04. The Bertz CT molecular complexity index is 406. The van der Waals surface area contributed by atoms with Gasteiger partial charge in [0, 0.05) is 6.54 Å². The van der Waals surface area contributed by atoms with Crippen LogP contribution in [0.2, 0.25) is 0 Å². The normalized spacial score (nSPS) is 11.6. The molecule has 0 saturated carbocycles. The van der Waals surface area contributed by atoms with Gasteiger partial charge in [0.25, 0.3) is 0 Å². The molecule has 1 unspecified atom stereocenters. The van der Waals surface area contributed by atoms with Crippen LogP contribution in [0.5, 0.6) is 0 Å². The van der Waals surface area contributed by atoms with E-state index in [0.717, 1.165) is 5.56 Å². The van der Waals surface area contributed by atoms with Crippen LogP contribution in [0.4, 0.5) is 0 Å². The molecule has 0 aromatic heterocycles. The number of hydrogen-bond donors (Lipinski definition) is 1. The average molecular weight is 232 g/mol. The van der Waals surface area contributed by atoms with E-state index in [0.29, 0.717) is 18.5 Å². The molecule has 0 aliphatic rings. The van der Waals surface area contributed by atoms with Crippen LogP contribution in [0.15, 0.2) is 24.3 Å². The molecule has 0 aliphatic carbocycles. The number of ether oxygens (including phenoxy) is 1. The van der Waals surface area contributed by atoms with E-state index < -0.39 is 0 Å². The van der Waals surface area contributed by atoms with E-state index in [1.54, 1.807) is 12.1 Å². The molecule has 4 nitrogen and oxygen atoms in total. The van der Waals surface area contributed by atoms with Crippen LogP contribution in [0.3, 0.4) is 0 Å². The summed E-state index contributed by atoms with van der Waals surface area (Å²) in [6.07, 6.45) is 0.683. The summed E-state index contributed by atoms with van der Waals surface area (Å²) in [4.78, 5) is 11.3. The van der Waals surface area contributed by atoms with Gasteiger partial charge >= 0.3 is 5.97 Å². The standard InChI is InChI=1S/C13H16N2O2/c1-3-12(13(16)17-2)15-9-11-6-4-10(8-14)5-7-11/h4-7,12,15H,3,9H2,1-2H3. The molecule has 0 aliphatic heterocycles. The number of esters is 1. The van der Waals surface area contributed by atoms with Gasteiger partial charge in [-0.1, -0.05) is 19.1 Å². The van der Waals surface area contributed by atoms with Crippen molar-refractivity contribution < 1.29 is 9.53 Å². The summed E-state index contributed by atoms with van der Waals surface area (Å²) < 4.78 is 4.68. The second-order valence-electron chi connectivity index (χ2n) is 3.67. The van der Waals surface area contributed by atoms with Gasteiger partial charge in [-0.2, -0.15) is 5.26 Å². The fourth-order valence-corrected chi connectivity index (χ4v) is 1.47. The first kappa shape index (κ1) is 13.2. The Morgan fingerprint density at radius 2 is 2.12 bits per heavy atom. The maximum atomic E-state index is 11.3. The highest BCUT2D eigenvalue weighted by atomic mass is 16.5. The lowest BCUT2D eigenvalue weighted by Gasteiger charge is -2.14. The maximum Gasteiger partial charge on any atom is 0.322 e. The molecule has 0 saturated heterocycles. The molecule has 90 valence electrons. The highest BCUT2D eigenvalue weighted by Gasteiger charge is 2.15. The Balaban J connectivity index is 2.54. The van der Waals surface area contributed by atoms with Crippen molar-refractivity contribution in [1.82, 2.24) is 5.32 Å². The van der Waals surface area contributed by atoms with E-state index in [-0.39, 0.29) is 12.0 Å². The lowest BCUT2D eigenvalue weighted by molar-refractivity contribution is -0.143. The Morgan fingerprint density at radius 3 is 2.59 bits per heavy atom. The van der Waals surface area contributed by atoms with Crippen LogP contribution >= 0.6 is 0 Å². The number of carbonyl (C=O) groups excluding carboxylic acids is 1. The van der Waals surface area contributed by atoms with Crippen LogP contribution < -0.4 is 5.32 Å². The molecular weight excluding hydrogens is 216 g/mol. The van der Waals surface area contributed by atoms with Gasteiger partial charge in [0.05, 0.1) is 18.7 Å². The van der Waals surface area contributed by atoms with Crippen molar-refractivity contribution in [3.63, 3.8) is 0 Å². The van der Waals surface area contributed by atoms with E-state index >= 15 is 0 Å². The van der Waals surface area contributed by atoms with E-state index in [9.17, 15) is 4.79 Å². The number of methoxy groups -OCH3 is 1. The summed E-state index contributed by atoms with van der Waals surface area (Å²) in [7, 11) is 1.38. The first-order valence-corrected chi connectivity index (χ1v) is 5.51. The molecule has 0 bridgehead atoms. The predicted molar refractivity (Wildman–Crippen MR) is 64.1 cm³/mol. The number of nitrogens with one attached hydrogen (secondary N) is 1. The third-order valence-electron chi connectivity index (χ3n) is 2.53. The second-order valence-corrected chi connectivity index (χ2v) is 3.67. The monoisotopic (exact) mass is 232 g/mol. The second kappa shape index (κ2) is 6.66. The van der Waals surface area contributed by atoms with Crippen molar-refractivity contribution in [2.45, 2.75) is 25.9 Å². The molecule has 0 fully saturated rings. The summed E-state index contributed by atoms with van der Waals surface area (Å²) in [5.41, 5.74) is 1.67. The molecule has 0 spiro atoms. The number of nitrogens with zero attached hydrogens (tertiary/aromatic N) is 1. The molecule has 4 heteroatoms. The minimum atomic E-state index is -0.282. The lowest BCUT2D eigenvalue weighted by Crippen LogP contribution is -2.36. The molecule has 1 aromatic rings. The largest absolute Gasteiger partial charge is 0.468 e. The minimum absolute atomic E-state index is 0.249. The SMILES string of the molecule is CCC(NCc1ccc(C#N)cc1)C(=O)OC. The van der Waals surface area contributed by atoms with Gasteiger partial charge in [-0.15, -0.1) is 0 Å². The van der Waals surface area contributed by atoms with Crippen LogP contribution in [-0.2, 0) is 16.1 Å².